The SMILES string of the molecule is COC(=O)[C@H](CCSC)NC(=O)c1ccc(/C=C/c2cccnc2)cc1-c1ccccc1C. The van der Waals surface area contributed by atoms with Gasteiger partial charge in [0.05, 0.1) is 7.11 Å². The van der Waals surface area contributed by atoms with E-state index >= 15 is 0 Å². The van der Waals surface area contributed by atoms with Crippen molar-refractivity contribution < 1.29 is 14.3 Å². The zero-order chi connectivity index (χ0) is 23.6. The van der Waals surface area contributed by atoms with Crippen molar-refractivity contribution in [3.8, 4) is 11.1 Å². The summed E-state index contributed by atoms with van der Waals surface area (Å²) in [6, 6.07) is 16.8. The molecule has 0 aliphatic rings. The molecule has 0 saturated carbocycles. The number of carbonyl (C=O) groups excluding carboxylic acids is 2. The number of hydrogen-bond donors (Lipinski definition) is 1. The van der Waals surface area contributed by atoms with Gasteiger partial charge in [-0.15, -0.1) is 0 Å². The molecule has 0 saturated heterocycles. The number of aromatic nitrogens is 1. The molecule has 0 unspecified atom stereocenters. The number of nitrogens with zero attached hydrogens (tertiary/aromatic N) is 1. The van der Waals surface area contributed by atoms with Gasteiger partial charge in [-0.05, 0) is 71.4 Å². The van der Waals surface area contributed by atoms with E-state index in [1.807, 2.05) is 79.9 Å². The molecule has 0 bridgehead atoms. The van der Waals surface area contributed by atoms with Crippen LogP contribution >= 0.6 is 11.8 Å². The number of methoxy groups -OCH3 is 1. The first-order chi connectivity index (χ1) is 16.0. The lowest BCUT2D eigenvalue weighted by atomic mass is 9.93. The summed E-state index contributed by atoms with van der Waals surface area (Å²) in [5.74, 6) is 0.00128. The Balaban J connectivity index is 1.98. The van der Waals surface area contributed by atoms with Crippen molar-refractivity contribution in [3.05, 3.63) is 89.2 Å². The van der Waals surface area contributed by atoms with Crippen molar-refractivity contribution >= 4 is 35.8 Å². The molecule has 0 aliphatic carbocycles. The number of carbonyl (C=O) groups is 2. The Hall–Kier alpha value is -3.38. The van der Waals surface area contributed by atoms with Crippen LogP contribution in [-0.4, -0.2) is 42.0 Å². The maximum atomic E-state index is 13.3. The van der Waals surface area contributed by atoms with Crippen LogP contribution in [-0.2, 0) is 9.53 Å². The van der Waals surface area contributed by atoms with E-state index in [-0.39, 0.29) is 5.91 Å². The topological polar surface area (TPSA) is 68.3 Å². The minimum absolute atomic E-state index is 0.299. The molecule has 33 heavy (non-hydrogen) atoms. The van der Waals surface area contributed by atoms with Crippen molar-refractivity contribution in [3.63, 3.8) is 0 Å². The second kappa shape index (κ2) is 12.0. The smallest absolute Gasteiger partial charge is 0.328 e. The molecule has 2 aromatic carbocycles. The average Bonchev–Trinajstić information content (AvgIpc) is 2.85. The first kappa shape index (κ1) is 24.3. The standard InChI is InChI=1S/C27H28N2O3S/c1-19-7-4-5-9-22(19)24-17-20(10-11-21-8-6-15-28-18-21)12-13-23(24)26(30)29-25(14-16-33-3)27(31)32-2/h4-13,15,17-18,25H,14,16H2,1-3H3,(H,29,30)/b11-10+/t25-/m0/s1. The van der Waals surface area contributed by atoms with Crippen LogP contribution < -0.4 is 5.32 Å². The normalized spacial score (nSPS) is 11.8. The van der Waals surface area contributed by atoms with Gasteiger partial charge >= 0.3 is 5.97 Å². The molecule has 1 N–H and O–H groups in total. The van der Waals surface area contributed by atoms with Gasteiger partial charge in [0.15, 0.2) is 0 Å². The summed E-state index contributed by atoms with van der Waals surface area (Å²) < 4.78 is 4.90. The van der Waals surface area contributed by atoms with Gasteiger partial charge in [0, 0.05) is 18.0 Å². The van der Waals surface area contributed by atoms with Crippen molar-refractivity contribution in [1.82, 2.24) is 10.3 Å². The Kier molecular flexibility index (Phi) is 8.84. The highest BCUT2D eigenvalue weighted by atomic mass is 32.2. The summed E-state index contributed by atoms with van der Waals surface area (Å²) in [6.07, 6.45) is 9.98. The molecule has 0 aliphatic heterocycles. The summed E-state index contributed by atoms with van der Waals surface area (Å²) in [4.78, 5) is 29.6. The highest BCUT2D eigenvalue weighted by Gasteiger charge is 2.23. The van der Waals surface area contributed by atoms with E-state index in [0.29, 0.717) is 12.0 Å². The number of hydrogen-bond acceptors (Lipinski definition) is 5. The van der Waals surface area contributed by atoms with Crippen molar-refractivity contribution in [2.45, 2.75) is 19.4 Å². The number of thioether (sulfide) groups is 1. The minimum atomic E-state index is -0.690. The van der Waals surface area contributed by atoms with Crippen molar-refractivity contribution in [1.29, 1.82) is 0 Å². The Labute approximate surface area is 199 Å². The van der Waals surface area contributed by atoms with Gasteiger partial charge in [-0.25, -0.2) is 4.79 Å². The zero-order valence-corrected chi connectivity index (χ0v) is 19.9. The van der Waals surface area contributed by atoms with Crippen LogP contribution in [0.1, 0.15) is 33.5 Å². The maximum absolute atomic E-state index is 13.3. The lowest BCUT2D eigenvalue weighted by molar-refractivity contribution is -0.142. The molecule has 5 nitrogen and oxygen atoms in total. The maximum Gasteiger partial charge on any atom is 0.328 e. The Morgan fingerprint density at radius 2 is 1.85 bits per heavy atom. The molecule has 6 heteroatoms. The first-order valence-corrected chi connectivity index (χ1v) is 12.1. The molecule has 0 radical (unpaired) electrons. The average molecular weight is 461 g/mol. The summed E-state index contributed by atoms with van der Waals surface area (Å²) in [6.45, 7) is 2.02. The molecular formula is C27H28N2O3S. The van der Waals surface area contributed by atoms with Gasteiger partial charge in [-0.1, -0.05) is 48.6 Å². The molecule has 1 heterocycles. The molecule has 1 aromatic heterocycles. The van der Waals surface area contributed by atoms with E-state index in [4.69, 9.17) is 4.74 Å². The van der Waals surface area contributed by atoms with Gasteiger partial charge in [0.2, 0.25) is 0 Å². The van der Waals surface area contributed by atoms with Crippen LogP contribution in [0, 0.1) is 6.92 Å². The number of nitrogens with one attached hydrogen (secondary N) is 1. The summed E-state index contributed by atoms with van der Waals surface area (Å²) >= 11 is 1.62. The largest absolute Gasteiger partial charge is 0.467 e. The second-order valence-corrected chi connectivity index (χ2v) is 8.56. The van der Waals surface area contributed by atoms with E-state index in [1.54, 1.807) is 24.2 Å². The van der Waals surface area contributed by atoms with Gasteiger partial charge in [0.1, 0.15) is 6.04 Å². The predicted octanol–water partition coefficient (Wildman–Crippen LogP) is 5.25. The van der Waals surface area contributed by atoms with Crippen LogP contribution in [0.15, 0.2) is 67.0 Å². The number of amides is 1. The molecule has 170 valence electrons. The molecular weight excluding hydrogens is 432 g/mol. The Morgan fingerprint density at radius 3 is 2.55 bits per heavy atom. The van der Waals surface area contributed by atoms with E-state index in [0.717, 1.165) is 33.6 Å². The van der Waals surface area contributed by atoms with Gasteiger partial charge in [-0.3, -0.25) is 9.78 Å². The molecule has 3 rings (SSSR count). The summed E-state index contributed by atoms with van der Waals surface area (Å²) in [7, 11) is 1.34. The van der Waals surface area contributed by atoms with Crippen molar-refractivity contribution in [2.24, 2.45) is 0 Å². The number of pyridine rings is 1. The quantitative estimate of drug-likeness (QED) is 0.442. The summed E-state index contributed by atoms with van der Waals surface area (Å²) in [5, 5.41) is 2.87. The lowest BCUT2D eigenvalue weighted by Gasteiger charge is -2.18. The van der Waals surface area contributed by atoms with Gasteiger partial charge in [-0.2, -0.15) is 11.8 Å². The van der Waals surface area contributed by atoms with E-state index in [2.05, 4.69) is 10.3 Å². The predicted molar refractivity (Wildman–Crippen MR) is 136 cm³/mol. The Bertz CT molecular complexity index is 1130. The highest BCUT2D eigenvalue weighted by molar-refractivity contribution is 7.98. The number of aryl methyl sites for hydroxylation is 1. The van der Waals surface area contributed by atoms with Crippen LogP contribution in [0.25, 0.3) is 23.3 Å². The van der Waals surface area contributed by atoms with Gasteiger partial charge in [0.25, 0.3) is 5.91 Å². The Morgan fingerprint density at radius 1 is 1.06 bits per heavy atom. The zero-order valence-electron chi connectivity index (χ0n) is 19.1. The fraction of sp³-hybridized carbons (Fsp3) is 0.222. The third-order valence-electron chi connectivity index (χ3n) is 5.28. The van der Waals surface area contributed by atoms with E-state index in [9.17, 15) is 9.59 Å². The minimum Gasteiger partial charge on any atom is -0.467 e. The second-order valence-electron chi connectivity index (χ2n) is 7.57. The molecule has 1 atom stereocenters. The van der Waals surface area contributed by atoms with E-state index in [1.165, 1.54) is 7.11 Å². The fourth-order valence-electron chi connectivity index (χ4n) is 3.49. The van der Waals surface area contributed by atoms with Crippen LogP contribution in [0.5, 0.6) is 0 Å². The first-order valence-electron chi connectivity index (χ1n) is 10.7. The van der Waals surface area contributed by atoms with Crippen molar-refractivity contribution in [2.75, 3.05) is 19.1 Å². The number of ether oxygens (including phenoxy) is 1. The molecule has 1 amide bonds. The molecule has 3 aromatic rings. The number of benzene rings is 2. The van der Waals surface area contributed by atoms with Gasteiger partial charge < -0.3 is 10.1 Å². The van der Waals surface area contributed by atoms with Crippen LogP contribution in [0.2, 0.25) is 0 Å². The monoisotopic (exact) mass is 460 g/mol. The number of rotatable bonds is 9. The molecule has 0 fully saturated rings. The highest BCUT2D eigenvalue weighted by Crippen LogP contribution is 2.29. The molecule has 0 spiro atoms. The van der Waals surface area contributed by atoms with Crippen LogP contribution in [0.4, 0.5) is 0 Å². The third kappa shape index (κ3) is 6.56. The van der Waals surface area contributed by atoms with Crippen LogP contribution in [0.3, 0.4) is 0 Å². The fourth-order valence-corrected chi connectivity index (χ4v) is 3.96. The lowest BCUT2D eigenvalue weighted by Crippen LogP contribution is -2.42. The summed E-state index contributed by atoms with van der Waals surface area (Å²) in [5.41, 5.74) is 5.31. The number of esters is 1. The van der Waals surface area contributed by atoms with E-state index < -0.39 is 12.0 Å². The third-order valence-corrected chi connectivity index (χ3v) is 5.92.